The molecule has 0 N–H and O–H groups in total. The van der Waals surface area contributed by atoms with Crippen molar-refractivity contribution in [2.24, 2.45) is 0 Å². The maximum atomic E-state index is 13.2. The molecule has 0 unspecified atom stereocenters. The van der Waals surface area contributed by atoms with Crippen molar-refractivity contribution in [3.05, 3.63) is 41.7 Å². The van der Waals surface area contributed by atoms with Gasteiger partial charge in [0.25, 0.3) is 0 Å². The van der Waals surface area contributed by atoms with Gasteiger partial charge in [-0.2, -0.15) is 4.98 Å². The molecular formula is C13H11F2N5O. The van der Waals surface area contributed by atoms with Crippen LogP contribution in [0.15, 0.2) is 22.9 Å². The molecule has 0 aliphatic rings. The number of rotatable bonds is 3. The van der Waals surface area contributed by atoms with Gasteiger partial charge < -0.3 is 9.42 Å². The minimum Gasteiger partial charge on any atom is -0.351 e. The van der Waals surface area contributed by atoms with Crippen molar-refractivity contribution < 1.29 is 13.3 Å². The van der Waals surface area contributed by atoms with Crippen LogP contribution < -0.4 is 4.90 Å². The van der Waals surface area contributed by atoms with Crippen molar-refractivity contribution in [3.63, 3.8) is 0 Å². The normalized spacial score (nSPS) is 11.0. The Morgan fingerprint density at radius 2 is 1.86 bits per heavy atom. The van der Waals surface area contributed by atoms with E-state index in [1.165, 1.54) is 6.20 Å². The van der Waals surface area contributed by atoms with Gasteiger partial charge in [-0.1, -0.05) is 5.16 Å². The molecule has 0 radical (unpaired) electrons. The number of halogens is 2. The van der Waals surface area contributed by atoms with E-state index in [2.05, 4.69) is 20.1 Å². The van der Waals surface area contributed by atoms with E-state index in [9.17, 15) is 8.78 Å². The van der Waals surface area contributed by atoms with E-state index in [0.29, 0.717) is 29.6 Å². The molecule has 0 aliphatic heterocycles. The minimum absolute atomic E-state index is 0.280. The van der Waals surface area contributed by atoms with Crippen LogP contribution >= 0.6 is 0 Å². The Labute approximate surface area is 118 Å². The van der Waals surface area contributed by atoms with E-state index in [4.69, 9.17) is 4.52 Å². The van der Waals surface area contributed by atoms with Crippen LogP contribution in [-0.4, -0.2) is 27.2 Å². The highest BCUT2D eigenvalue weighted by molar-refractivity contribution is 5.75. The highest BCUT2D eigenvalue weighted by Gasteiger charge is 2.11. The van der Waals surface area contributed by atoms with Gasteiger partial charge in [0.05, 0.1) is 23.8 Å². The summed E-state index contributed by atoms with van der Waals surface area (Å²) in [5.41, 5.74) is 0.573. The van der Waals surface area contributed by atoms with Gasteiger partial charge in [0, 0.05) is 26.1 Å². The van der Waals surface area contributed by atoms with Crippen molar-refractivity contribution in [2.45, 2.75) is 13.5 Å². The number of fused-ring (bicyclic) bond motifs is 1. The van der Waals surface area contributed by atoms with Crippen molar-refractivity contribution in [1.82, 2.24) is 20.1 Å². The van der Waals surface area contributed by atoms with Crippen molar-refractivity contribution >= 4 is 16.9 Å². The SMILES string of the molecule is Cc1nc(CN(C)c2cnc3cc(F)c(F)cc3n2)no1. The molecule has 0 fully saturated rings. The summed E-state index contributed by atoms with van der Waals surface area (Å²) in [5.74, 6) is -0.427. The molecule has 0 saturated carbocycles. The van der Waals surface area contributed by atoms with E-state index < -0.39 is 11.6 Å². The molecule has 0 amide bonds. The van der Waals surface area contributed by atoms with Crippen LogP contribution in [0, 0.1) is 18.6 Å². The zero-order valence-electron chi connectivity index (χ0n) is 11.3. The van der Waals surface area contributed by atoms with Gasteiger partial charge in [0.2, 0.25) is 5.89 Å². The van der Waals surface area contributed by atoms with Crippen molar-refractivity contribution in [3.8, 4) is 0 Å². The maximum Gasteiger partial charge on any atom is 0.223 e. The molecule has 3 aromatic rings. The zero-order valence-corrected chi connectivity index (χ0v) is 11.3. The maximum absolute atomic E-state index is 13.2. The third-order valence-electron chi connectivity index (χ3n) is 2.91. The summed E-state index contributed by atoms with van der Waals surface area (Å²) < 4.78 is 31.2. The molecule has 21 heavy (non-hydrogen) atoms. The predicted octanol–water partition coefficient (Wildman–Crippen LogP) is 2.24. The van der Waals surface area contributed by atoms with Gasteiger partial charge in [-0.15, -0.1) is 0 Å². The Bertz CT molecular complexity index is 804. The summed E-state index contributed by atoms with van der Waals surface area (Å²) in [4.78, 5) is 14.1. The number of hydrogen-bond donors (Lipinski definition) is 0. The van der Waals surface area contributed by atoms with E-state index in [-0.39, 0.29) is 5.52 Å². The van der Waals surface area contributed by atoms with E-state index in [0.717, 1.165) is 12.1 Å². The quantitative estimate of drug-likeness (QED) is 0.737. The van der Waals surface area contributed by atoms with E-state index in [1.807, 2.05) is 0 Å². The molecule has 3 rings (SSSR count). The predicted molar refractivity (Wildman–Crippen MR) is 70.6 cm³/mol. The molecular weight excluding hydrogens is 280 g/mol. The molecule has 0 aliphatic carbocycles. The van der Waals surface area contributed by atoms with Crippen LogP contribution in [0.25, 0.3) is 11.0 Å². The fourth-order valence-corrected chi connectivity index (χ4v) is 1.88. The topological polar surface area (TPSA) is 67.9 Å². The van der Waals surface area contributed by atoms with Crippen molar-refractivity contribution in [2.75, 3.05) is 11.9 Å². The largest absolute Gasteiger partial charge is 0.351 e. The number of aryl methyl sites for hydroxylation is 1. The molecule has 108 valence electrons. The van der Waals surface area contributed by atoms with E-state index in [1.54, 1.807) is 18.9 Å². The van der Waals surface area contributed by atoms with Gasteiger partial charge in [-0.25, -0.2) is 13.8 Å². The lowest BCUT2D eigenvalue weighted by Crippen LogP contribution is -2.18. The monoisotopic (exact) mass is 291 g/mol. The van der Waals surface area contributed by atoms with Gasteiger partial charge in [-0.3, -0.25) is 4.98 Å². The lowest BCUT2D eigenvalue weighted by Gasteiger charge is -2.15. The van der Waals surface area contributed by atoms with Gasteiger partial charge in [0.15, 0.2) is 17.5 Å². The molecule has 1 aromatic carbocycles. The Morgan fingerprint density at radius 3 is 2.52 bits per heavy atom. The fraction of sp³-hybridized carbons (Fsp3) is 0.231. The average Bonchev–Trinajstić information content (AvgIpc) is 2.85. The van der Waals surface area contributed by atoms with Crippen LogP contribution in [0.4, 0.5) is 14.6 Å². The second-order valence-electron chi connectivity index (χ2n) is 4.57. The van der Waals surface area contributed by atoms with Crippen LogP contribution in [-0.2, 0) is 6.54 Å². The molecule has 2 heterocycles. The first-order valence-electron chi connectivity index (χ1n) is 6.15. The summed E-state index contributed by atoms with van der Waals surface area (Å²) >= 11 is 0. The van der Waals surface area contributed by atoms with Crippen LogP contribution in [0.5, 0.6) is 0 Å². The van der Waals surface area contributed by atoms with Gasteiger partial charge >= 0.3 is 0 Å². The second kappa shape index (κ2) is 5.04. The van der Waals surface area contributed by atoms with E-state index >= 15 is 0 Å². The van der Waals surface area contributed by atoms with Crippen LogP contribution in [0.2, 0.25) is 0 Å². The molecule has 0 bridgehead atoms. The number of nitrogens with zero attached hydrogens (tertiary/aromatic N) is 5. The molecule has 2 aromatic heterocycles. The molecule has 8 heteroatoms. The second-order valence-corrected chi connectivity index (χ2v) is 4.57. The van der Waals surface area contributed by atoms with Gasteiger partial charge in [-0.05, 0) is 0 Å². The average molecular weight is 291 g/mol. The standard InChI is InChI=1S/C13H11F2N5O/c1-7-17-12(19-21-7)6-20(2)13-5-16-10-3-8(14)9(15)4-11(10)18-13/h3-5H,6H2,1-2H3. The summed E-state index contributed by atoms with van der Waals surface area (Å²) in [5, 5.41) is 3.78. The summed E-state index contributed by atoms with van der Waals surface area (Å²) in [6.45, 7) is 2.06. The smallest absolute Gasteiger partial charge is 0.223 e. The molecule has 0 saturated heterocycles. The fourth-order valence-electron chi connectivity index (χ4n) is 1.88. The number of benzene rings is 1. The van der Waals surface area contributed by atoms with Gasteiger partial charge in [0.1, 0.15) is 5.82 Å². The number of hydrogen-bond acceptors (Lipinski definition) is 6. The third-order valence-corrected chi connectivity index (χ3v) is 2.91. The van der Waals surface area contributed by atoms with Crippen LogP contribution in [0.3, 0.4) is 0 Å². The zero-order chi connectivity index (χ0) is 15.0. The lowest BCUT2D eigenvalue weighted by molar-refractivity contribution is 0.387. The Hall–Kier alpha value is -2.64. The Kier molecular flexibility index (Phi) is 3.20. The highest BCUT2D eigenvalue weighted by Crippen LogP contribution is 2.18. The van der Waals surface area contributed by atoms with Crippen LogP contribution in [0.1, 0.15) is 11.7 Å². The summed E-state index contributed by atoms with van der Waals surface area (Å²) in [6, 6.07) is 2.04. The first kappa shape index (κ1) is 13.3. The molecule has 0 spiro atoms. The first-order valence-corrected chi connectivity index (χ1v) is 6.15. The van der Waals surface area contributed by atoms with Crippen molar-refractivity contribution in [1.29, 1.82) is 0 Å². The highest BCUT2D eigenvalue weighted by atomic mass is 19.2. The third kappa shape index (κ3) is 2.64. The Morgan fingerprint density at radius 1 is 1.14 bits per heavy atom. The molecule has 6 nitrogen and oxygen atoms in total. The Balaban J connectivity index is 1.91. The first-order chi connectivity index (χ1) is 10.0. The number of anilines is 1. The molecule has 0 atom stereocenters. The lowest BCUT2D eigenvalue weighted by atomic mass is 10.3. The summed E-state index contributed by atoms with van der Waals surface area (Å²) in [7, 11) is 1.77. The minimum atomic E-state index is -0.953. The summed E-state index contributed by atoms with van der Waals surface area (Å²) in [6.07, 6.45) is 1.48. The number of aromatic nitrogens is 4.